The summed E-state index contributed by atoms with van der Waals surface area (Å²) in [4.78, 5) is 8.75. The summed E-state index contributed by atoms with van der Waals surface area (Å²) in [7, 11) is 0. The van der Waals surface area contributed by atoms with Crippen molar-refractivity contribution in [2.45, 2.75) is 19.3 Å². The lowest BCUT2D eigenvalue weighted by molar-refractivity contribution is 0.248. The van der Waals surface area contributed by atoms with Crippen LogP contribution in [-0.4, -0.2) is 29.7 Å². The Labute approximate surface area is 130 Å². The highest BCUT2D eigenvalue weighted by Gasteiger charge is 2.13. The molecule has 114 valence electrons. The van der Waals surface area contributed by atoms with Gasteiger partial charge in [0.1, 0.15) is 0 Å². The third-order valence-electron chi connectivity index (χ3n) is 3.73. The smallest absolute Gasteiger partial charge is 0.257 e. The second-order valence-corrected chi connectivity index (χ2v) is 5.25. The molecule has 1 atom stereocenters. The molecule has 3 rings (SSSR count). The molecule has 0 radical (unpaired) electrons. The van der Waals surface area contributed by atoms with Gasteiger partial charge in [-0.2, -0.15) is 0 Å². The lowest BCUT2D eigenvalue weighted by Crippen LogP contribution is -2.30. The molecule has 1 aliphatic heterocycles. The van der Waals surface area contributed by atoms with Crippen LogP contribution in [0.2, 0.25) is 0 Å². The number of piperidine rings is 1. The lowest BCUT2D eigenvalue weighted by Gasteiger charge is -2.22. The van der Waals surface area contributed by atoms with Crippen LogP contribution in [0.3, 0.4) is 0 Å². The van der Waals surface area contributed by atoms with Crippen LogP contribution < -0.4 is 15.8 Å². The number of fused-ring (bicyclic) bond motifs is 1. The van der Waals surface area contributed by atoms with Gasteiger partial charge in [-0.15, -0.1) is 12.4 Å². The minimum absolute atomic E-state index is 0. The van der Waals surface area contributed by atoms with E-state index in [2.05, 4.69) is 15.3 Å². The second kappa shape index (κ2) is 7.43. The average molecular weight is 309 g/mol. The maximum absolute atomic E-state index is 5.89. The monoisotopic (exact) mass is 308 g/mol. The summed E-state index contributed by atoms with van der Waals surface area (Å²) in [6.07, 6.45) is 3.55. The number of nitrogen functional groups attached to an aromatic ring is 1. The first-order valence-electron chi connectivity index (χ1n) is 7.19. The van der Waals surface area contributed by atoms with E-state index < -0.39 is 0 Å². The molecule has 0 bridgehead atoms. The molecule has 3 N–H and O–H groups in total. The standard InChI is InChI=1S/C15H20N4O.ClH/c16-14-15(19-13-6-2-1-5-12(13)18-14)20-9-7-11-4-3-8-17-10-11;/h1-2,5-6,11,17H,3-4,7-10H2,(H2,16,18);1H. The van der Waals surface area contributed by atoms with E-state index in [-0.39, 0.29) is 12.4 Å². The number of rotatable bonds is 4. The van der Waals surface area contributed by atoms with Crippen molar-refractivity contribution < 1.29 is 4.74 Å². The molecule has 2 aromatic rings. The summed E-state index contributed by atoms with van der Waals surface area (Å²) in [6.45, 7) is 2.87. The number of aromatic nitrogens is 2. The summed E-state index contributed by atoms with van der Waals surface area (Å²) < 4.78 is 5.72. The van der Waals surface area contributed by atoms with Gasteiger partial charge in [-0.05, 0) is 50.4 Å². The van der Waals surface area contributed by atoms with Crippen molar-refractivity contribution in [2.75, 3.05) is 25.4 Å². The molecule has 5 nitrogen and oxygen atoms in total. The molecule has 0 aliphatic carbocycles. The van der Waals surface area contributed by atoms with Gasteiger partial charge in [-0.25, -0.2) is 9.97 Å². The lowest BCUT2D eigenvalue weighted by atomic mass is 9.97. The van der Waals surface area contributed by atoms with Crippen molar-refractivity contribution in [3.05, 3.63) is 24.3 Å². The molecule has 1 fully saturated rings. The van der Waals surface area contributed by atoms with E-state index in [1.54, 1.807) is 0 Å². The quantitative estimate of drug-likeness (QED) is 0.907. The summed E-state index contributed by atoms with van der Waals surface area (Å²) in [5.74, 6) is 1.51. The summed E-state index contributed by atoms with van der Waals surface area (Å²) >= 11 is 0. The third-order valence-corrected chi connectivity index (χ3v) is 3.73. The topological polar surface area (TPSA) is 73.1 Å². The fourth-order valence-corrected chi connectivity index (χ4v) is 2.60. The first-order valence-corrected chi connectivity index (χ1v) is 7.19. The number of hydrogen-bond donors (Lipinski definition) is 2. The van der Waals surface area contributed by atoms with Crippen LogP contribution in [0.5, 0.6) is 5.88 Å². The zero-order chi connectivity index (χ0) is 13.8. The highest BCUT2D eigenvalue weighted by atomic mass is 35.5. The van der Waals surface area contributed by atoms with Crippen molar-refractivity contribution in [2.24, 2.45) is 5.92 Å². The Morgan fingerprint density at radius 2 is 2.00 bits per heavy atom. The van der Waals surface area contributed by atoms with Gasteiger partial charge in [0, 0.05) is 0 Å². The minimum Gasteiger partial charge on any atom is -0.475 e. The van der Waals surface area contributed by atoms with Crippen LogP contribution in [0.15, 0.2) is 24.3 Å². The number of benzene rings is 1. The van der Waals surface area contributed by atoms with Gasteiger partial charge in [0.2, 0.25) is 0 Å². The van der Waals surface area contributed by atoms with Gasteiger partial charge >= 0.3 is 0 Å². The van der Waals surface area contributed by atoms with Gasteiger partial charge in [0.05, 0.1) is 17.6 Å². The first-order chi connectivity index (χ1) is 9.83. The van der Waals surface area contributed by atoms with E-state index in [0.717, 1.165) is 30.5 Å². The number of para-hydroxylation sites is 2. The van der Waals surface area contributed by atoms with E-state index in [4.69, 9.17) is 10.5 Å². The molecule has 1 saturated heterocycles. The SMILES string of the molecule is Cl.Nc1nc2ccccc2nc1OCCC1CCCNC1. The Balaban J connectivity index is 0.00000161. The fraction of sp³-hybridized carbons (Fsp3) is 0.467. The molecule has 1 unspecified atom stereocenters. The largest absolute Gasteiger partial charge is 0.475 e. The molecule has 0 amide bonds. The number of nitrogens with one attached hydrogen (secondary N) is 1. The number of nitrogens with two attached hydrogens (primary N) is 1. The van der Waals surface area contributed by atoms with E-state index in [1.807, 2.05) is 24.3 Å². The number of anilines is 1. The molecule has 21 heavy (non-hydrogen) atoms. The molecule has 0 saturated carbocycles. The number of nitrogens with zero attached hydrogens (tertiary/aromatic N) is 2. The Kier molecular flexibility index (Phi) is 5.59. The van der Waals surface area contributed by atoms with Crippen LogP contribution in [-0.2, 0) is 0 Å². The van der Waals surface area contributed by atoms with Crippen molar-refractivity contribution in [3.8, 4) is 5.88 Å². The number of halogens is 1. The van der Waals surface area contributed by atoms with Crippen LogP contribution in [0.1, 0.15) is 19.3 Å². The number of hydrogen-bond acceptors (Lipinski definition) is 5. The first kappa shape index (κ1) is 15.8. The molecule has 1 aromatic carbocycles. The van der Waals surface area contributed by atoms with Crippen LogP contribution in [0.4, 0.5) is 5.82 Å². The van der Waals surface area contributed by atoms with E-state index in [0.29, 0.717) is 24.2 Å². The van der Waals surface area contributed by atoms with Gasteiger partial charge in [-0.1, -0.05) is 12.1 Å². The maximum Gasteiger partial charge on any atom is 0.257 e. The predicted octanol–water partition coefficient (Wildman–Crippen LogP) is 2.40. The highest BCUT2D eigenvalue weighted by molar-refractivity contribution is 5.85. The number of ether oxygens (including phenoxy) is 1. The highest BCUT2D eigenvalue weighted by Crippen LogP contribution is 2.21. The third kappa shape index (κ3) is 3.95. The average Bonchev–Trinajstić information content (AvgIpc) is 2.49. The Bertz CT molecular complexity index is 587. The van der Waals surface area contributed by atoms with Gasteiger partial charge in [-0.3, -0.25) is 0 Å². The van der Waals surface area contributed by atoms with Crippen molar-refractivity contribution >= 4 is 29.3 Å². The Morgan fingerprint density at radius 1 is 1.24 bits per heavy atom. The molecule has 2 heterocycles. The van der Waals surface area contributed by atoms with Gasteiger partial charge < -0.3 is 15.8 Å². The van der Waals surface area contributed by atoms with Gasteiger partial charge in [0.15, 0.2) is 5.82 Å². The molecule has 0 spiro atoms. The van der Waals surface area contributed by atoms with Crippen molar-refractivity contribution in [1.29, 1.82) is 0 Å². The summed E-state index contributed by atoms with van der Waals surface area (Å²) in [6, 6.07) is 7.67. The van der Waals surface area contributed by atoms with E-state index in [9.17, 15) is 0 Å². The molecule has 6 heteroatoms. The summed E-state index contributed by atoms with van der Waals surface area (Å²) in [5.41, 5.74) is 7.51. The molecule has 1 aromatic heterocycles. The van der Waals surface area contributed by atoms with E-state index >= 15 is 0 Å². The van der Waals surface area contributed by atoms with Crippen LogP contribution in [0, 0.1) is 5.92 Å². The second-order valence-electron chi connectivity index (χ2n) is 5.25. The van der Waals surface area contributed by atoms with Crippen LogP contribution >= 0.6 is 12.4 Å². The van der Waals surface area contributed by atoms with Gasteiger partial charge in [0.25, 0.3) is 5.88 Å². The Morgan fingerprint density at radius 3 is 2.71 bits per heavy atom. The molecule has 1 aliphatic rings. The van der Waals surface area contributed by atoms with Crippen LogP contribution in [0.25, 0.3) is 11.0 Å². The van der Waals surface area contributed by atoms with Crippen molar-refractivity contribution in [3.63, 3.8) is 0 Å². The predicted molar refractivity (Wildman–Crippen MR) is 86.9 cm³/mol. The fourth-order valence-electron chi connectivity index (χ4n) is 2.60. The summed E-state index contributed by atoms with van der Waals surface area (Å²) in [5, 5.41) is 3.41. The van der Waals surface area contributed by atoms with Crippen molar-refractivity contribution in [1.82, 2.24) is 15.3 Å². The Hall–Kier alpha value is -1.59. The zero-order valence-electron chi connectivity index (χ0n) is 11.9. The van der Waals surface area contributed by atoms with E-state index in [1.165, 1.54) is 12.8 Å². The maximum atomic E-state index is 5.89. The normalized spacial score (nSPS) is 18.2. The molecular weight excluding hydrogens is 288 g/mol. The molecular formula is C15H21ClN4O. The minimum atomic E-state index is 0. The zero-order valence-corrected chi connectivity index (χ0v) is 12.7.